The molecule has 1 rings (SSSR count). The molecule has 0 aromatic heterocycles. The minimum atomic E-state index is -1.01. The average Bonchev–Trinajstić information content (AvgIpc) is 2.36. The van der Waals surface area contributed by atoms with Gasteiger partial charge in [-0.05, 0) is 30.7 Å². The van der Waals surface area contributed by atoms with Crippen LogP contribution < -0.4 is 10.5 Å². The fourth-order valence-electron chi connectivity index (χ4n) is 1.22. The van der Waals surface area contributed by atoms with E-state index in [2.05, 4.69) is 4.74 Å². The molecule has 0 aliphatic rings. The highest BCUT2D eigenvalue weighted by Gasteiger charge is 2.12. The number of primary amides is 1. The Hall–Kier alpha value is -2.37. The number of carbonyl (C=O) groups is 2. The summed E-state index contributed by atoms with van der Waals surface area (Å²) in [5, 5.41) is 0. The third-order valence-corrected chi connectivity index (χ3v) is 2.28. The van der Waals surface area contributed by atoms with Crippen molar-refractivity contribution in [2.24, 2.45) is 5.73 Å². The minimum Gasteiger partial charge on any atom is -0.494 e. The van der Waals surface area contributed by atoms with Crippen LogP contribution in [0.1, 0.15) is 12.5 Å². The normalized spacial score (nSPS) is 12.2. The van der Waals surface area contributed by atoms with Crippen LogP contribution in [0.25, 0.3) is 6.08 Å². The highest BCUT2D eigenvalue weighted by atomic mass is 19.1. The van der Waals surface area contributed by atoms with Crippen LogP contribution in [0.5, 0.6) is 5.75 Å². The molecule has 0 unspecified atom stereocenters. The second kappa shape index (κ2) is 6.53. The smallest absolute Gasteiger partial charge is 0.331 e. The van der Waals surface area contributed by atoms with Gasteiger partial charge in [0.1, 0.15) is 0 Å². The van der Waals surface area contributed by atoms with Crippen LogP contribution in [-0.4, -0.2) is 25.1 Å². The molecule has 0 spiro atoms. The van der Waals surface area contributed by atoms with Crippen molar-refractivity contribution in [2.45, 2.75) is 13.0 Å². The molecular formula is C13H14FNO4. The van der Waals surface area contributed by atoms with Gasteiger partial charge < -0.3 is 15.2 Å². The van der Waals surface area contributed by atoms with E-state index in [0.29, 0.717) is 5.56 Å². The number of nitrogens with two attached hydrogens (primary N) is 1. The monoisotopic (exact) mass is 267 g/mol. The van der Waals surface area contributed by atoms with Gasteiger partial charge in [0, 0.05) is 6.08 Å². The topological polar surface area (TPSA) is 78.6 Å². The SMILES string of the molecule is COc1ccc(/C=C/C(=O)O[C@H](C)C(N)=O)cc1F. The van der Waals surface area contributed by atoms with E-state index in [4.69, 9.17) is 10.5 Å². The Morgan fingerprint density at radius 3 is 2.63 bits per heavy atom. The van der Waals surface area contributed by atoms with E-state index in [1.54, 1.807) is 6.07 Å². The predicted octanol–water partition coefficient (Wildman–Crippen LogP) is 1.26. The van der Waals surface area contributed by atoms with Crippen molar-refractivity contribution < 1.29 is 23.5 Å². The third kappa shape index (κ3) is 4.42. The summed E-state index contributed by atoms with van der Waals surface area (Å²) in [5.74, 6) is -1.90. The number of hydrogen-bond acceptors (Lipinski definition) is 4. The van der Waals surface area contributed by atoms with Gasteiger partial charge in [0.15, 0.2) is 17.7 Å². The third-order valence-electron chi connectivity index (χ3n) is 2.28. The van der Waals surface area contributed by atoms with Crippen molar-refractivity contribution in [3.63, 3.8) is 0 Å². The minimum absolute atomic E-state index is 0.113. The fraction of sp³-hybridized carbons (Fsp3) is 0.231. The molecule has 6 heteroatoms. The van der Waals surface area contributed by atoms with Crippen LogP contribution in [0.4, 0.5) is 4.39 Å². The Kier molecular flexibility index (Phi) is 5.05. The number of ether oxygens (including phenoxy) is 2. The Morgan fingerprint density at radius 1 is 1.42 bits per heavy atom. The number of halogens is 1. The van der Waals surface area contributed by atoms with Crippen LogP contribution in [0.15, 0.2) is 24.3 Å². The van der Waals surface area contributed by atoms with Crippen molar-refractivity contribution in [3.05, 3.63) is 35.7 Å². The summed E-state index contributed by atoms with van der Waals surface area (Å²) in [4.78, 5) is 22.0. The summed E-state index contributed by atoms with van der Waals surface area (Å²) in [5.41, 5.74) is 5.40. The highest BCUT2D eigenvalue weighted by molar-refractivity contribution is 5.89. The van der Waals surface area contributed by atoms with Gasteiger partial charge in [-0.25, -0.2) is 9.18 Å². The lowest BCUT2D eigenvalue weighted by Crippen LogP contribution is -2.29. The first kappa shape index (κ1) is 14.7. The first-order chi connectivity index (χ1) is 8.93. The molecule has 1 aromatic carbocycles. The van der Waals surface area contributed by atoms with Gasteiger partial charge in [-0.1, -0.05) is 6.07 Å². The molecular weight excluding hydrogens is 253 g/mol. The van der Waals surface area contributed by atoms with Crippen molar-refractivity contribution in [2.75, 3.05) is 7.11 Å². The van der Waals surface area contributed by atoms with Gasteiger partial charge in [-0.3, -0.25) is 4.79 Å². The number of hydrogen-bond donors (Lipinski definition) is 1. The number of amides is 1. The maximum absolute atomic E-state index is 13.4. The van der Waals surface area contributed by atoms with Gasteiger partial charge in [-0.15, -0.1) is 0 Å². The molecule has 0 fully saturated rings. The molecule has 0 heterocycles. The molecule has 1 atom stereocenters. The maximum Gasteiger partial charge on any atom is 0.331 e. The van der Waals surface area contributed by atoms with Crippen LogP contribution in [0.2, 0.25) is 0 Å². The Bertz CT molecular complexity index is 513. The van der Waals surface area contributed by atoms with Gasteiger partial charge >= 0.3 is 5.97 Å². The largest absolute Gasteiger partial charge is 0.494 e. The quantitative estimate of drug-likeness (QED) is 0.643. The first-order valence-corrected chi connectivity index (χ1v) is 5.45. The summed E-state index contributed by atoms with van der Waals surface area (Å²) in [7, 11) is 1.36. The van der Waals surface area contributed by atoms with E-state index in [-0.39, 0.29) is 5.75 Å². The van der Waals surface area contributed by atoms with Crippen LogP contribution in [0, 0.1) is 5.82 Å². The summed E-state index contributed by atoms with van der Waals surface area (Å²) in [6, 6.07) is 4.22. The number of esters is 1. The van der Waals surface area contributed by atoms with Crippen LogP contribution in [0.3, 0.4) is 0 Å². The molecule has 1 amide bonds. The molecule has 0 aliphatic carbocycles. The molecule has 2 N–H and O–H groups in total. The lowest BCUT2D eigenvalue weighted by Gasteiger charge is -2.06. The molecule has 0 radical (unpaired) electrons. The average molecular weight is 267 g/mol. The van der Waals surface area contributed by atoms with Crippen molar-refractivity contribution in [3.8, 4) is 5.75 Å². The fourth-order valence-corrected chi connectivity index (χ4v) is 1.22. The molecule has 5 nitrogen and oxygen atoms in total. The lowest BCUT2D eigenvalue weighted by molar-refractivity contribution is -0.148. The molecule has 0 aliphatic heterocycles. The zero-order valence-electron chi connectivity index (χ0n) is 10.6. The van der Waals surface area contributed by atoms with E-state index in [1.807, 2.05) is 0 Å². The van der Waals surface area contributed by atoms with Gasteiger partial charge in [0.25, 0.3) is 5.91 Å². The summed E-state index contributed by atoms with van der Waals surface area (Å²) in [6.45, 7) is 1.36. The zero-order valence-corrected chi connectivity index (χ0v) is 10.6. The van der Waals surface area contributed by atoms with Crippen molar-refractivity contribution in [1.29, 1.82) is 0 Å². The standard InChI is InChI=1S/C13H14FNO4/c1-8(13(15)17)19-12(16)6-4-9-3-5-11(18-2)10(14)7-9/h3-8H,1-2H3,(H2,15,17)/b6-4+/t8-/m1/s1. The van der Waals surface area contributed by atoms with Gasteiger partial charge in [0.2, 0.25) is 0 Å². The number of carbonyl (C=O) groups excluding carboxylic acids is 2. The summed E-state index contributed by atoms with van der Waals surface area (Å²) < 4.78 is 22.8. The first-order valence-electron chi connectivity index (χ1n) is 5.45. The maximum atomic E-state index is 13.4. The van der Waals surface area contributed by atoms with Gasteiger partial charge in [0.05, 0.1) is 7.11 Å². The Balaban J connectivity index is 2.68. The lowest BCUT2D eigenvalue weighted by atomic mass is 10.2. The molecule has 19 heavy (non-hydrogen) atoms. The van der Waals surface area contributed by atoms with Crippen molar-refractivity contribution in [1.82, 2.24) is 0 Å². The number of rotatable bonds is 5. The van der Waals surface area contributed by atoms with Crippen LogP contribution in [-0.2, 0) is 14.3 Å². The number of methoxy groups -OCH3 is 1. The molecule has 0 saturated heterocycles. The highest BCUT2D eigenvalue weighted by Crippen LogP contribution is 2.18. The Morgan fingerprint density at radius 2 is 2.11 bits per heavy atom. The zero-order chi connectivity index (χ0) is 14.4. The molecule has 0 bridgehead atoms. The predicted molar refractivity (Wildman–Crippen MR) is 66.7 cm³/mol. The second-order valence-electron chi connectivity index (χ2n) is 3.71. The van der Waals surface area contributed by atoms with E-state index in [9.17, 15) is 14.0 Å². The molecule has 102 valence electrons. The van der Waals surface area contributed by atoms with E-state index in [1.165, 1.54) is 32.2 Å². The Labute approximate surface area is 109 Å². The number of benzene rings is 1. The van der Waals surface area contributed by atoms with E-state index in [0.717, 1.165) is 6.08 Å². The second-order valence-corrected chi connectivity index (χ2v) is 3.71. The van der Waals surface area contributed by atoms with E-state index >= 15 is 0 Å². The summed E-state index contributed by atoms with van der Waals surface area (Å²) >= 11 is 0. The van der Waals surface area contributed by atoms with Crippen LogP contribution >= 0.6 is 0 Å². The van der Waals surface area contributed by atoms with Crippen molar-refractivity contribution >= 4 is 18.0 Å². The summed E-state index contributed by atoms with van der Waals surface area (Å²) in [6.07, 6.45) is 1.43. The molecule has 1 aromatic rings. The van der Waals surface area contributed by atoms with Gasteiger partial charge in [-0.2, -0.15) is 0 Å². The van der Waals surface area contributed by atoms with E-state index < -0.39 is 23.8 Å². The molecule has 0 saturated carbocycles.